The van der Waals surface area contributed by atoms with Crippen molar-refractivity contribution in [2.45, 2.75) is 39.5 Å². The average molecular weight is 832 g/mol. The van der Waals surface area contributed by atoms with Crippen LogP contribution in [0.2, 0.25) is 10.0 Å². The lowest BCUT2D eigenvalue weighted by molar-refractivity contribution is 0.0844. The lowest BCUT2D eigenvalue weighted by Crippen LogP contribution is -2.29. The van der Waals surface area contributed by atoms with Gasteiger partial charge in [0, 0.05) is 67.8 Å². The van der Waals surface area contributed by atoms with E-state index in [2.05, 4.69) is 38.0 Å². The van der Waals surface area contributed by atoms with Crippen LogP contribution >= 0.6 is 61.8 Å². The molecule has 0 aliphatic heterocycles. The largest absolute Gasteiger partial charge is 0.490 e. The lowest BCUT2D eigenvalue weighted by atomic mass is 9.75. The molecular formula is C40H34BBrCl2N2O4S2. The van der Waals surface area contributed by atoms with Gasteiger partial charge in [-0.25, -0.2) is 0 Å². The fourth-order valence-corrected chi connectivity index (χ4v) is 10.2. The van der Waals surface area contributed by atoms with Gasteiger partial charge in [-0.05, 0) is 98.3 Å². The van der Waals surface area contributed by atoms with E-state index in [9.17, 15) is 9.59 Å². The molecule has 2 unspecified atom stereocenters. The zero-order chi connectivity index (χ0) is 37.4. The van der Waals surface area contributed by atoms with E-state index in [4.69, 9.17) is 33.2 Å². The van der Waals surface area contributed by atoms with Crippen LogP contribution in [0.1, 0.15) is 81.1 Å². The number of carbonyl (C=O) groups is 2. The van der Waals surface area contributed by atoms with Gasteiger partial charge in [0.1, 0.15) is 0 Å². The Morgan fingerprint density at radius 2 is 1.19 bits per heavy atom. The third kappa shape index (κ3) is 7.62. The molecule has 0 radical (unpaired) electrons. The van der Waals surface area contributed by atoms with Crippen molar-refractivity contribution < 1.29 is 19.6 Å². The summed E-state index contributed by atoms with van der Waals surface area (Å²) in [6.07, 6.45) is 6.54. The number of carbonyl (C=O) groups excluding carboxylic acids is 2. The Bertz CT molecular complexity index is 2210. The summed E-state index contributed by atoms with van der Waals surface area (Å²) in [5, 5.41) is 18.5. The van der Waals surface area contributed by atoms with E-state index in [1.807, 2.05) is 88.4 Å². The molecule has 0 fully saturated rings. The maximum atomic E-state index is 13.0. The molecule has 264 valence electrons. The number of fused-ring (bicyclic) bond motifs is 2. The van der Waals surface area contributed by atoms with Crippen molar-refractivity contribution in [1.82, 2.24) is 9.97 Å². The molecule has 2 aliphatic carbocycles. The summed E-state index contributed by atoms with van der Waals surface area (Å²) in [5.41, 5.74) is 5.23. The second-order valence-electron chi connectivity index (χ2n) is 13.7. The van der Waals surface area contributed by atoms with Gasteiger partial charge in [-0.15, -0.1) is 22.7 Å². The highest BCUT2D eigenvalue weighted by molar-refractivity contribution is 9.11. The van der Waals surface area contributed by atoms with Crippen LogP contribution in [0.5, 0.6) is 0 Å². The summed E-state index contributed by atoms with van der Waals surface area (Å²) >= 11 is 18.6. The summed E-state index contributed by atoms with van der Waals surface area (Å²) in [4.78, 5) is 36.2. The van der Waals surface area contributed by atoms with Gasteiger partial charge >= 0.3 is 7.12 Å². The molecule has 2 aliphatic rings. The number of halogens is 3. The number of Topliss-reactive ketones (excluding diaryl/α,β-unsaturated/α-hetero) is 2. The van der Waals surface area contributed by atoms with Gasteiger partial charge in [-0.1, -0.05) is 81.2 Å². The molecule has 0 spiro atoms. The van der Waals surface area contributed by atoms with Crippen molar-refractivity contribution >= 4 is 86.0 Å². The van der Waals surface area contributed by atoms with E-state index in [0.29, 0.717) is 10.5 Å². The Kier molecular flexibility index (Phi) is 11.4. The van der Waals surface area contributed by atoms with Crippen LogP contribution in [0.4, 0.5) is 0 Å². The van der Waals surface area contributed by atoms with E-state index in [1.165, 1.54) is 17.5 Å². The van der Waals surface area contributed by atoms with Crippen LogP contribution in [0.3, 0.4) is 0 Å². The molecule has 0 bridgehead atoms. The molecule has 8 rings (SSSR count). The summed E-state index contributed by atoms with van der Waals surface area (Å²) in [7, 11) is -1.40. The molecule has 2 aromatic carbocycles. The topological polar surface area (TPSA) is 100 Å². The normalized spacial score (nSPS) is 17.7. The van der Waals surface area contributed by atoms with Crippen molar-refractivity contribution in [2.24, 2.45) is 10.8 Å². The monoisotopic (exact) mass is 830 g/mol. The van der Waals surface area contributed by atoms with Gasteiger partial charge in [-0.2, -0.15) is 0 Å². The van der Waals surface area contributed by atoms with E-state index < -0.39 is 17.9 Å². The number of pyridine rings is 2. The Balaban J connectivity index is 0.000000147. The summed E-state index contributed by atoms with van der Waals surface area (Å²) in [5.74, 6) is 0.625. The van der Waals surface area contributed by atoms with E-state index in [1.54, 1.807) is 42.1 Å². The first-order valence-corrected chi connectivity index (χ1v) is 19.6. The van der Waals surface area contributed by atoms with Crippen molar-refractivity contribution in [1.29, 1.82) is 0 Å². The van der Waals surface area contributed by atoms with Gasteiger partial charge in [0.05, 0.1) is 13.5 Å². The summed E-state index contributed by atoms with van der Waals surface area (Å²) in [6, 6.07) is 27.1. The van der Waals surface area contributed by atoms with Crippen LogP contribution in [0, 0.1) is 10.8 Å². The van der Waals surface area contributed by atoms with Crippen molar-refractivity contribution in [3.63, 3.8) is 0 Å². The predicted molar refractivity (Wildman–Crippen MR) is 216 cm³/mol. The molecule has 4 heterocycles. The van der Waals surface area contributed by atoms with E-state index in [0.717, 1.165) is 51.3 Å². The zero-order valence-corrected chi connectivity index (χ0v) is 33.4. The Hall–Kier alpha value is -3.48. The minimum atomic E-state index is -1.40. The SMILES string of the molecule is CC1(C)C(=O)c2sc(-c3ccncc3)cc2C1c1ccc(Cl)cc1.CC1(C)C(=O)c2sc(Br)cc2C1c1ccc(Cl)cc1.OB(O)c1cccnc1. The van der Waals surface area contributed by atoms with Crippen LogP contribution < -0.4 is 5.46 Å². The number of thiophene rings is 2. The first-order chi connectivity index (χ1) is 24.7. The number of nitrogens with zero attached hydrogens (tertiary/aromatic N) is 2. The van der Waals surface area contributed by atoms with Crippen LogP contribution in [-0.4, -0.2) is 38.7 Å². The molecule has 0 saturated carbocycles. The van der Waals surface area contributed by atoms with Crippen molar-refractivity contribution in [3.8, 4) is 10.4 Å². The zero-order valence-electron chi connectivity index (χ0n) is 28.7. The standard InChI is InChI=1S/C20H16ClNOS.C15H12BrClOS.C5H6BNO2/c1-20(2)17(13-3-5-14(21)6-4-13)15-11-16(24-18(15)19(20)23)12-7-9-22-10-8-12;1-15(2)12(8-3-5-9(17)6-4-8)10-7-11(16)19-13(10)14(15)18;8-6(9)5-2-1-3-7-4-5/h3-11,17H,1-2H3;3-7,12H,1-2H3;1-4,8-9H. The number of ketones is 2. The molecular weight excluding hydrogens is 798 g/mol. The van der Waals surface area contributed by atoms with Crippen LogP contribution in [-0.2, 0) is 0 Å². The molecule has 6 aromatic rings. The predicted octanol–water partition coefficient (Wildman–Crippen LogP) is 10.1. The summed E-state index contributed by atoms with van der Waals surface area (Å²) < 4.78 is 1.01. The van der Waals surface area contributed by atoms with E-state index >= 15 is 0 Å². The minimum absolute atomic E-state index is 0.0594. The molecule has 0 saturated heterocycles. The van der Waals surface area contributed by atoms with E-state index in [-0.39, 0.29) is 23.4 Å². The quantitative estimate of drug-likeness (QED) is 0.172. The van der Waals surface area contributed by atoms with Gasteiger partial charge in [-0.3, -0.25) is 19.6 Å². The lowest BCUT2D eigenvalue weighted by Gasteiger charge is -2.26. The highest BCUT2D eigenvalue weighted by Gasteiger charge is 2.49. The smallest absolute Gasteiger partial charge is 0.423 e. The number of aromatic nitrogens is 2. The third-order valence-electron chi connectivity index (χ3n) is 9.49. The number of hydrogen-bond acceptors (Lipinski definition) is 8. The highest BCUT2D eigenvalue weighted by atomic mass is 79.9. The summed E-state index contributed by atoms with van der Waals surface area (Å²) in [6.45, 7) is 8.12. The maximum absolute atomic E-state index is 13.0. The molecule has 2 N–H and O–H groups in total. The Morgan fingerprint density at radius 1 is 0.692 bits per heavy atom. The van der Waals surface area contributed by atoms with Gasteiger partial charge < -0.3 is 10.0 Å². The first-order valence-electron chi connectivity index (χ1n) is 16.4. The van der Waals surface area contributed by atoms with Gasteiger partial charge in [0.15, 0.2) is 11.6 Å². The fourth-order valence-electron chi connectivity index (χ4n) is 6.88. The molecule has 0 amide bonds. The molecule has 6 nitrogen and oxygen atoms in total. The average Bonchev–Trinajstić information content (AvgIpc) is 3.82. The third-order valence-corrected chi connectivity index (χ3v) is 12.8. The van der Waals surface area contributed by atoms with Crippen molar-refractivity contribution in [2.75, 3.05) is 0 Å². The maximum Gasteiger partial charge on any atom is 0.490 e. The second kappa shape index (κ2) is 15.5. The number of rotatable bonds is 4. The van der Waals surface area contributed by atoms with Crippen molar-refractivity contribution in [3.05, 3.63) is 156 Å². The second-order valence-corrected chi connectivity index (χ2v) is 18.1. The molecule has 12 heteroatoms. The first kappa shape index (κ1) is 38.3. The fraction of sp³-hybridized carbons (Fsp3) is 0.200. The molecule has 52 heavy (non-hydrogen) atoms. The highest BCUT2D eigenvalue weighted by Crippen LogP contribution is 2.55. The minimum Gasteiger partial charge on any atom is -0.423 e. The Morgan fingerprint density at radius 3 is 1.65 bits per heavy atom. The van der Waals surface area contributed by atoms with Gasteiger partial charge in [0.25, 0.3) is 0 Å². The number of benzene rings is 2. The Labute approximate surface area is 329 Å². The van der Waals surface area contributed by atoms with Gasteiger partial charge in [0.2, 0.25) is 0 Å². The van der Waals surface area contributed by atoms with Crippen LogP contribution in [0.15, 0.2) is 114 Å². The molecule has 2 atom stereocenters. The van der Waals surface area contributed by atoms with Crippen LogP contribution in [0.25, 0.3) is 10.4 Å². The number of hydrogen-bond donors (Lipinski definition) is 2. The molecule has 4 aromatic heterocycles.